The number of carbonyl (C=O) groups excluding carboxylic acids is 2. The molecule has 2 aromatic rings. The number of hydrogen-bond donors (Lipinski definition) is 1. The molecule has 1 N–H and O–H groups in total. The van der Waals surface area contributed by atoms with Gasteiger partial charge in [0.05, 0.1) is 17.1 Å². The smallest absolute Gasteiger partial charge is 0.341 e. The number of aryl methyl sites for hydroxylation is 2. The largest absolute Gasteiger partial charge is 0.462 e. The maximum absolute atomic E-state index is 13.0. The van der Waals surface area contributed by atoms with Crippen molar-refractivity contribution in [2.75, 3.05) is 25.0 Å². The van der Waals surface area contributed by atoms with E-state index in [1.165, 1.54) is 21.7 Å². The Morgan fingerprint density at radius 3 is 2.61 bits per heavy atom. The second-order valence-corrected chi connectivity index (χ2v) is 10.8. The SMILES string of the molecule is CCOC(=O)c1c(NC(=O)c2ccc(C)c(S(=O)(=O)N3CCCC3)c2)sc2c1CCC2. The van der Waals surface area contributed by atoms with Crippen LogP contribution in [-0.4, -0.2) is 44.3 Å². The summed E-state index contributed by atoms with van der Waals surface area (Å²) in [6.07, 6.45) is 4.34. The summed E-state index contributed by atoms with van der Waals surface area (Å²) in [5.41, 5.74) is 2.24. The minimum absolute atomic E-state index is 0.154. The van der Waals surface area contributed by atoms with E-state index in [0.29, 0.717) is 29.2 Å². The van der Waals surface area contributed by atoms with E-state index in [2.05, 4.69) is 5.32 Å². The van der Waals surface area contributed by atoms with E-state index in [9.17, 15) is 18.0 Å². The highest BCUT2D eigenvalue weighted by Crippen LogP contribution is 2.39. The molecule has 7 nitrogen and oxygen atoms in total. The van der Waals surface area contributed by atoms with Crippen molar-refractivity contribution in [1.29, 1.82) is 0 Å². The quantitative estimate of drug-likeness (QED) is 0.660. The number of rotatable bonds is 6. The molecule has 0 spiro atoms. The van der Waals surface area contributed by atoms with Crippen LogP contribution in [0.5, 0.6) is 0 Å². The van der Waals surface area contributed by atoms with Crippen LogP contribution < -0.4 is 5.32 Å². The van der Waals surface area contributed by atoms with Gasteiger partial charge in [-0.3, -0.25) is 4.79 Å². The maximum Gasteiger partial charge on any atom is 0.341 e. The van der Waals surface area contributed by atoms with Gasteiger partial charge in [-0.1, -0.05) is 6.07 Å². The summed E-state index contributed by atoms with van der Waals surface area (Å²) < 4.78 is 32.7. The highest BCUT2D eigenvalue weighted by Gasteiger charge is 2.31. The average Bonchev–Trinajstić information content (AvgIpc) is 3.46. The van der Waals surface area contributed by atoms with Gasteiger partial charge in [0, 0.05) is 23.5 Å². The van der Waals surface area contributed by atoms with Crippen LogP contribution in [0.15, 0.2) is 23.1 Å². The van der Waals surface area contributed by atoms with Crippen molar-refractivity contribution in [3.05, 3.63) is 45.3 Å². The molecule has 31 heavy (non-hydrogen) atoms. The summed E-state index contributed by atoms with van der Waals surface area (Å²) in [6.45, 7) is 4.74. The number of sulfonamides is 1. The van der Waals surface area contributed by atoms with Crippen LogP contribution in [0.4, 0.5) is 5.00 Å². The fourth-order valence-electron chi connectivity index (χ4n) is 4.17. The van der Waals surface area contributed by atoms with Crippen molar-refractivity contribution in [2.45, 2.75) is 50.8 Å². The summed E-state index contributed by atoms with van der Waals surface area (Å²) in [4.78, 5) is 26.8. The minimum Gasteiger partial charge on any atom is -0.462 e. The van der Waals surface area contributed by atoms with Gasteiger partial charge < -0.3 is 10.1 Å². The standard InChI is InChI=1S/C22H26N2O5S2/c1-3-29-22(26)19-16-7-6-8-17(16)30-21(19)23-20(25)15-10-9-14(2)18(13-15)31(27,28)24-11-4-5-12-24/h9-10,13H,3-8,11-12H2,1-2H3,(H,23,25). The zero-order valence-electron chi connectivity index (χ0n) is 17.7. The van der Waals surface area contributed by atoms with Crippen molar-refractivity contribution in [1.82, 2.24) is 4.31 Å². The van der Waals surface area contributed by atoms with E-state index in [1.807, 2.05) is 0 Å². The van der Waals surface area contributed by atoms with E-state index in [0.717, 1.165) is 42.5 Å². The number of benzene rings is 1. The van der Waals surface area contributed by atoms with Crippen LogP contribution in [0.2, 0.25) is 0 Å². The number of hydrogen-bond acceptors (Lipinski definition) is 6. The molecule has 166 valence electrons. The lowest BCUT2D eigenvalue weighted by Gasteiger charge is -2.18. The number of anilines is 1. The molecule has 0 bridgehead atoms. The zero-order valence-corrected chi connectivity index (χ0v) is 19.3. The fraction of sp³-hybridized carbons (Fsp3) is 0.455. The van der Waals surface area contributed by atoms with E-state index < -0.39 is 21.9 Å². The Bertz CT molecular complexity index is 1130. The first kappa shape index (κ1) is 22.0. The Morgan fingerprint density at radius 2 is 1.90 bits per heavy atom. The Balaban J connectivity index is 1.64. The fourth-order valence-corrected chi connectivity index (χ4v) is 7.21. The Kier molecular flexibility index (Phi) is 6.18. The van der Waals surface area contributed by atoms with Gasteiger partial charge in [-0.05, 0) is 69.2 Å². The molecule has 1 aliphatic heterocycles. The van der Waals surface area contributed by atoms with Gasteiger partial charge >= 0.3 is 5.97 Å². The van der Waals surface area contributed by atoms with Crippen LogP contribution in [-0.2, 0) is 27.6 Å². The van der Waals surface area contributed by atoms with Gasteiger partial charge in [0.1, 0.15) is 5.00 Å². The third-order valence-corrected chi connectivity index (χ3v) is 9.01. The topological polar surface area (TPSA) is 92.8 Å². The second-order valence-electron chi connectivity index (χ2n) is 7.83. The van der Waals surface area contributed by atoms with Crippen molar-refractivity contribution in [3.63, 3.8) is 0 Å². The Morgan fingerprint density at radius 1 is 1.16 bits per heavy atom. The third-order valence-electron chi connectivity index (χ3n) is 5.76. The number of carbonyl (C=O) groups is 2. The van der Waals surface area contributed by atoms with Crippen molar-refractivity contribution < 1.29 is 22.7 Å². The number of amides is 1. The molecule has 1 aromatic heterocycles. The first-order valence-electron chi connectivity index (χ1n) is 10.6. The molecule has 1 amide bonds. The molecular formula is C22H26N2O5S2. The molecule has 2 aliphatic rings. The molecule has 1 aromatic carbocycles. The lowest BCUT2D eigenvalue weighted by atomic mass is 10.1. The highest BCUT2D eigenvalue weighted by molar-refractivity contribution is 7.89. The normalized spacial score (nSPS) is 16.3. The maximum atomic E-state index is 13.0. The summed E-state index contributed by atoms with van der Waals surface area (Å²) in [5.74, 6) is -0.873. The van der Waals surface area contributed by atoms with Gasteiger partial charge in [0.15, 0.2) is 0 Å². The monoisotopic (exact) mass is 462 g/mol. The first-order valence-corrected chi connectivity index (χ1v) is 12.8. The first-order chi connectivity index (χ1) is 14.8. The van der Waals surface area contributed by atoms with Crippen molar-refractivity contribution >= 4 is 38.2 Å². The van der Waals surface area contributed by atoms with E-state index in [1.54, 1.807) is 26.0 Å². The summed E-state index contributed by atoms with van der Waals surface area (Å²) in [7, 11) is -3.64. The second kappa shape index (κ2) is 8.72. The molecule has 0 unspecified atom stereocenters. The van der Waals surface area contributed by atoms with Crippen LogP contribution >= 0.6 is 11.3 Å². The molecule has 4 rings (SSSR count). The minimum atomic E-state index is -3.64. The van der Waals surface area contributed by atoms with Crippen LogP contribution in [0, 0.1) is 6.92 Å². The number of ether oxygens (including phenoxy) is 1. The van der Waals surface area contributed by atoms with Crippen LogP contribution in [0.3, 0.4) is 0 Å². The average molecular weight is 463 g/mol. The number of esters is 1. The Hall–Kier alpha value is -2.23. The van der Waals surface area contributed by atoms with Gasteiger partial charge in [0.25, 0.3) is 5.91 Å². The van der Waals surface area contributed by atoms with Gasteiger partial charge in [0.2, 0.25) is 10.0 Å². The Labute approximate surface area is 186 Å². The molecule has 9 heteroatoms. The van der Waals surface area contributed by atoms with Crippen LogP contribution in [0.1, 0.15) is 62.9 Å². The molecular weight excluding hydrogens is 436 g/mol. The molecule has 0 atom stereocenters. The number of fused-ring (bicyclic) bond motifs is 1. The van der Waals surface area contributed by atoms with Crippen molar-refractivity contribution in [2.24, 2.45) is 0 Å². The van der Waals surface area contributed by atoms with Gasteiger partial charge in [-0.15, -0.1) is 11.3 Å². The predicted octanol–water partition coefficient (Wildman–Crippen LogP) is 3.76. The molecule has 1 aliphatic carbocycles. The number of nitrogens with zero attached hydrogens (tertiary/aromatic N) is 1. The lowest BCUT2D eigenvalue weighted by Crippen LogP contribution is -2.28. The van der Waals surface area contributed by atoms with Gasteiger partial charge in [-0.2, -0.15) is 4.31 Å². The summed E-state index contributed by atoms with van der Waals surface area (Å²) in [6, 6.07) is 4.70. The highest BCUT2D eigenvalue weighted by atomic mass is 32.2. The summed E-state index contributed by atoms with van der Waals surface area (Å²) >= 11 is 1.40. The van der Waals surface area contributed by atoms with E-state index in [-0.39, 0.29) is 17.1 Å². The van der Waals surface area contributed by atoms with Crippen LogP contribution in [0.25, 0.3) is 0 Å². The van der Waals surface area contributed by atoms with E-state index in [4.69, 9.17) is 4.74 Å². The molecule has 1 saturated heterocycles. The summed E-state index contributed by atoms with van der Waals surface area (Å²) in [5, 5.41) is 3.30. The van der Waals surface area contributed by atoms with E-state index >= 15 is 0 Å². The zero-order chi connectivity index (χ0) is 22.2. The molecule has 0 saturated carbocycles. The number of nitrogens with one attached hydrogen (secondary N) is 1. The van der Waals surface area contributed by atoms with Crippen molar-refractivity contribution in [3.8, 4) is 0 Å². The molecule has 1 fully saturated rings. The molecule has 2 heterocycles. The van der Waals surface area contributed by atoms with Gasteiger partial charge in [-0.25, -0.2) is 13.2 Å². The predicted molar refractivity (Wildman–Crippen MR) is 119 cm³/mol. The lowest BCUT2D eigenvalue weighted by molar-refractivity contribution is 0.0527. The molecule has 0 radical (unpaired) electrons. The number of thiophene rings is 1. The third kappa shape index (κ3) is 4.14.